The Labute approximate surface area is 127 Å². The molecule has 2 unspecified atom stereocenters. The van der Waals surface area contributed by atoms with Crippen LogP contribution in [0.2, 0.25) is 0 Å². The second-order valence-corrected chi connectivity index (χ2v) is 5.81. The molecular weight excluding hydrogens is 278 g/mol. The van der Waals surface area contributed by atoms with Crippen LogP contribution in [0.3, 0.4) is 0 Å². The van der Waals surface area contributed by atoms with Crippen LogP contribution in [0, 0.1) is 5.92 Å². The van der Waals surface area contributed by atoms with E-state index >= 15 is 0 Å². The summed E-state index contributed by atoms with van der Waals surface area (Å²) >= 11 is 0. The Hall–Kier alpha value is -0.810. The molecule has 0 aliphatic carbocycles. The number of carbonyl (C=O) groups is 2. The third-order valence-corrected chi connectivity index (χ3v) is 4.02. The number of rotatable bonds is 6. The summed E-state index contributed by atoms with van der Waals surface area (Å²) in [5.74, 6) is 0.991. The van der Waals surface area contributed by atoms with Crippen molar-refractivity contribution in [2.24, 2.45) is 5.92 Å². The van der Waals surface area contributed by atoms with Gasteiger partial charge in [-0.25, -0.2) is 0 Å². The fourth-order valence-corrected chi connectivity index (χ4v) is 2.92. The molecule has 2 aliphatic rings. The van der Waals surface area contributed by atoms with Gasteiger partial charge in [-0.15, -0.1) is 12.4 Å². The molecule has 2 amide bonds. The molecule has 2 rings (SSSR count). The van der Waals surface area contributed by atoms with Crippen molar-refractivity contribution < 1.29 is 9.59 Å². The summed E-state index contributed by atoms with van der Waals surface area (Å²) in [6.07, 6.45) is 4.37. The molecule has 0 aromatic carbocycles. The van der Waals surface area contributed by atoms with Gasteiger partial charge in [0.2, 0.25) is 11.8 Å². The molecule has 2 heterocycles. The van der Waals surface area contributed by atoms with Crippen LogP contribution in [0.15, 0.2) is 0 Å². The van der Waals surface area contributed by atoms with Crippen molar-refractivity contribution in [1.82, 2.24) is 15.5 Å². The van der Waals surface area contributed by atoms with E-state index in [0.29, 0.717) is 25.3 Å². The quantitative estimate of drug-likeness (QED) is 0.767. The summed E-state index contributed by atoms with van der Waals surface area (Å²) in [5.41, 5.74) is 0. The molecule has 2 N–H and O–H groups in total. The van der Waals surface area contributed by atoms with E-state index in [4.69, 9.17) is 0 Å². The van der Waals surface area contributed by atoms with Crippen LogP contribution in [-0.2, 0) is 9.59 Å². The number of nitrogens with zero attached hydrogens (tertiary/aromatic N) is 1. The summed E-state index contributed by atoms with van der Waals surface area (Å²) in [6.45, 7) is 5.59. The molecule has 0 aromatic heterocycles. The average Bonchev–Trinajstić information content (AvgIpc) is 2.99. The molecule has 2 aliphatic heterocycles. The van der Waals surface area contributed by atoms with E-state index in [0.717, 1.165) is 32.5 Å². The maximum absolute atomic E-state index is 11.8. The van der Waals surface area contributed by atoms with Crippen molar-refractivity contribution in [2.75, 3.05) is 26.2 Å². The average molecular weight is 304 g/mol. The monoisotopic (exact) mass is 303 g/mol. The molecule has 0 aromatic rings. The molecule has 5 nitrogen and oxygen atoms in total. The van der Waals surface area contributed by atoms with E-state index < -0.39 is 0 Å². The molecule has 116 valence electrons. The number of nitrogens with one attached hydrogen (secondary N) is 2. The summed E-state index contributed by atoms with van der Waals surface area (Å²) in [5, 5.41) is 6.31. The Bertz CT molecular complexity index is 332. The lowest BCUT2D eigenvalue weighted by molar-refractivity contribution is -0.129. The van der Waals surface area contributed by atoms with E-state index in [1.54, 1.807) is 0 Å². The van der Waals surface area contributed by atoms with Crippen LogP contribution in [-0.4, -0.2) is 48.9 Å². The first-order valence-electron chi connectivity index (χ1n) is 7.43. The summed E-state index contributed by atoms with van der Waals surface area (Å²) in [4.78, 5) is 25.2. The van der Waals surface area contributed by atoms with E-state index in [1.165, 1.54) is 6.42 Å². The largest absolute Gasteiger partial charge is 0.352 e. The Balaban J connectivity index is 0.00000200. The normalized spacial score (nSPS) is 23.6. The Kier molecular flexibility index (Phi) is 7.30. The Morgan fingerprint density at radius 1 is 1.55 bits per heavy atom. The highest BCUT2D eigenvalue weighted by Gasteiger charge is 2.22. The smallest absolute Gasteiger partial charge is 0.222 e. The van der Waals surface area contributed by atoms with Gasteiger partial charge in [0.15, 0.2) is 0 Å². The van der Waals surface area contributed by atoms with Crippen LogP contribution in [0.1, 0.15) is 39.0 Å². The van der Waals surface area contributed by atoms with Gasteiger partial charge in [-0.2, -0.15) is 0 Å². The van der Waals surface area contributed by atoms with Crippen molar-refractivity contribution >= 4 is 24.2 Å². The summed E-state index contributed by atoms with van der Waals surface area (Å²) in [7, 11) is 0. The molecule has 0 radical (unpaired) electrons. The SMILES string of the molecule is CC(CN1CCCC1=O)NC(=O)CCC1CCNC1.Cl. The van der Waals surface area contributed by atoms with Gasteiger partial charge in [0, 0.05) is 32.0 Å². The highest BCUT2D eigenvalue weighted by atomic mass is 35.5. The minimum absolute atomic E-state index is 0. The molecule has 20 heavy (non-hydrogen) atoms. The van der Waals surface area contributed by atoms with Gasteiger partial charge in [0.1, 0.15) is 0 Å². The maximum atomic E-state index is 11.8. The van der Waals surface area contributed by atoms with Gasteiger partial charge < -0.3 is 15.5 Å². The van der Waals surface area contributed by atoms with Crippen molar-refractivity contribution in [3.05, 3.63) is 0 Å². The fourth-order valence-electron chi connectivity index (χ4n) is 2.92. The minimum atomic E-state index is 0. The Morgan fingerprint density at radius 3 is 2.95 bits per heavy atom. The Morgan fingerprint density at radius 2 is 2.35 bits per heavy atom. The molecule has 6 heteroatoms. The highest BCUT2D eigenvalue weighted by molar-refractivity contribution is 5.85. The number of likely N-dealkylation sites (tertiary alicyclic amines) is 1. The number of carbonyl (C=O) groups excluding carboxylic acids is 2. The third kappa shape index (κ3) is 5.29. The van der Waals surface area contributed by atoms with Gasteiger partial charge in [0.05, 0.1) is 0 Å². The molecule has 2 saturated heterocycles. The predicted octanol–water partition coefficient (Wildman–Crippen LogP) is 0.925. The van der Waals surface area contributed by atoms with Crippen LogP contribution in [0.25, 0.3) is 0 Å². The summed E-state index contributed by atoms with van der Waals surface area (Å²) < 4.78 is 0. The fraction of sp³-hybridized carbons (Fsp3) is 0.857. The topological polar surface area (TPSA) is 61.4 Å². The van der Waals surface area contributed by atoms with Gasteiger partial charge >= 0.3 is 0 Å². The molecule has 2 atom stereocenters. The van der Waals surface area contributed by atoms with E-state index in [1.807, 2.05) is 11.8 Å². The zero-order valence-electron chi connectivity index (χ0n) is 12.2. The number of amides is 2. The number of hydrogen-bond acceptors (Lipinski definition) is 3. The summed E-state index contributed by atoms with van der Waals surface area (Å²) in [6, 6.07) is 0.0521. The van der Waals surface area contributed by atoms with Crippen molar-refractivity contribution in [1.29, 1.82) is 0 Å². The van der Waals surface area contributed by atoms with Crippen LogP contribution >= 0.6 is 12.4 Å². The van der Waals surface area contributed by atoms with Crippen molar-refractivity contribution in [2.45, 2.75) is 45.1 Å². The molecule has 0 saturated carbocycles. The first-order chi connectivity index (χ1) is 9.15. The molecular formula is C14H26ClN3O2. The predicted molar refractivity (Wildman–Crippen MR) is 80.9 cm³/mol. The standard InChI is InChI=1S/C14H25N3O2.ClH/c1-11(10-17-8-2-3-14(17)19)16-13(18)5-4-12-6-7-15-9-12;/h11-12,15H,2-10H2,1H3,(H,16,18);1H. The first-order valence-corrected chi connectivity index (χ1v) is 7.43. The highest BCUT2D eigenvalue weighted by Crippen LogP contribution is 2.14. The van der Waals surface area contributed by atoms with Crippen LogP contribution < -0.4 is 10.6 Å². The lowest BCUT2D eigenvalue weighted by atomic mass is 10.0. The van der Waals surface area contributed by atoms with Gasteiger partial charge in [0.25, 0.3) is 0 Å². The van der Waals surface area contributed by atoms with E-state index in [9.17, 15) is 9.59 Å². The van der Waals surface area contributed by atoms with Gasteiger partial charge in [-0.1, -0.05) is 0 Å². The minimum Gasteiger partial charge on any atom is -0.352 e. The number of hydrogen-bond donors (Lipinski definition) is 2. The lowest BCUT2D eigenvalue weighted by Gasteiger charge is -2.21. The zero-order valence-corrected chi connectivity index (χ0v) is 13.0. The number of halogens is 1. The first kappa shape index (κ1) is 17.2. The zero-order chi connectivity index (χ0) is 13.7. The van der Waals surface area contributed by atoms with Gasteiger partial charge in [-0.05, 0) is 45.2 Å². The molecule has 0 spiro atoms. The van der Waals surface area contributed by atoms with Crippen molar-refractivity contribution in [3.8, 4) is 0 Å². The van der Waals surface area contributed by atoms with Crippen LogP contribution in [0.4, 0.5) is 0 Å². The third-order valence-electron chi connectivity index (χ3n) is 4.02. The molecule has 0 bridgehead atoms. The van der Waals surface area contributed by atoms with E-state index in [-0.39, 0.29) is 30.3 Å². The van der Waals surface area contributed by atoms with E-state index in [2.05, 4.69) is 10.6 Å². The van der Waals surface area contributed by atoms with Crippen LogP contribution in [0.5, 0.6) is 0 Å². The second kappa shape index (κ2) is 8.47. The second-order valence-electron chi connectivity index (χ2n) is 5.81. The lowest BCUT2D eigenvalue weighted by Crippen LogP contribution is -2.42. The van der Waals surface area contributed by atoms with Gasteiger partial charge in [-0.3, -0.25) is 9.59 Å². The molecule has 2 fully saturated rings. The maximum Gasteiger partial charge on any atom is 0.222 e. The van der Waals surface area contributed by atoms with Crippen molar-refractivity contribution in [3.63, 3.8) is 0 Å².